The predicted octanol–water partition coefficient (Wildman–Crippen LogP) is 3.57. The molecule has 1 aliphatic heterocycles. The van der Waals surface area contributed by atoms with Crippen LogP contribution in [0.1, 0.15) is 38.9 Å². The van der Waals surface area contributed by atoms with Crippen molar-refractivity contribution in [3.05, 3.63) is 35.9 Å². The highest BCUT2D eigenvalue weighted by molar-refractivity contribution is 8.00. The average Bonchev–Trinajstić information content (AvgIpc) is 2.47. The Bertz CT molecular complexity index is 407. The zero-order chi connectivity index (χ0) is 14.6. The summed E-state index contributed by atoms with van der Waals surface area (Å²) in [6.45, 7) is 9.88. The zero-order valence-corrected chi connectivity index (χ0v) is 13.7. The van der Waals surface area contributed by atoms with Gasteiger partial charge in [0, 0.05) is 36.1 Å². The molecule has 1 N–H and O–H groups in total. The fourth-order valence-electron chi connectivity index (χ4n) is 2.92. The fourth-order valence-corrected chi connectivity index (χ4v) is 4.17. The molecule has 0 saturated carbocycles. The largest absolute Gasteiger partial charge is 0.388 e. The maximum atomic E-state index is 10.7. The van der Waals surface area contributed by atoms with E-state index in [-0.39, 0.29) is 5.41 Å². The van der Waals surface area contributed by atoms with Crippen molar-refractivity contribution in [2.24, 2.45) is 5.41 Å². The first-order valence-corrected chi connectivity index (χ1v) is 8.65. The first-order chi connectivity index (χ1) is 9.53. The standard InChI is InChI=1S/C17H27NOS/c1-4-15-12-18(10-11-20-15)13-17(2,3)16(19)14-8-6-5-7-9-14/h5-9,15-16,19H,4,10-13H2,1-3H3. The zero-order valence-electron chi connectivity index (χ0n) is 12.9. The van der Waals surface area contributed by atoms with E-state index in [9.17, 15) is 5.11 Å². The van der Waals surface area contributed by atoms with Crippen LogP contribution in [0.5, 0.6) is 0 Å². The van der Waals surface area contributed by atoms with E-state index in [0.29, 0.717) is 0 Å². The summed E-state index contributed by atoms with van der Waals surface area (Å²) in [5.41, 5.74) is 0.901. The molecule has 2 unspecified atom stereocenters. The third kappa shape index (κ3) is 4.00. The van der Waals surface area contributed by atoms with E-state index in [1.165, 1.54) is 12.2 Å². The average molecular weight is 293 g/mol. The maximum absolute atomic E-state index is 10.7. The molecule has 1 aromatic rings. The van der Waals surface area contributed by atoms with Gasteiger partial charge in [0.1, 0.15) is 0 Å². The Balaban J connectivity index is 1.99. The van der Waals surface area contributed by atoms with E-state index in [1.54, 1.807) is 0 Å². The van der Waals surface area contributed by atoms with Crippen LogP contribution in [-0.4, -0.2) is 40.6 Å². The molecule has 1 fully saturated rings. The molecule has 1 aromatic carbocycles. The van der Waals surface area contributed by atoms with Crippen molar-refractivity contribution in [3.63, 3.8) is 0 Å². The molecule has 2 rings (SSSR count). The van der Waals surface area contributed by atoms with Crippen molar-refractivity contribution >= 4 is 11.8 Å². The minimum absolute atomic E-state index is 0.123. The van der Waals surface area contributed by atoms with Crippen molar-refractivity contribution < 1.29 is 5.11 Å². The van der Waals surface area contributed by atoms with Crippen LogP contribution in [0.3, 0.4) is 0 Å². The van der Waals surface area contributed by atoms with Crippen molar-refractivity contribution in [3.8, 4) is 0 Å². The third-order valence-electron chi connectivity index (χ3n) is 4.16. The molecule has 1 heterocycles. The summed E-state index contributed by atoms with van der Waals surface area (Å²) < 4.78 is 0. The van der Waals surface area contributed by atoms with Gasteiger partial charge in [0.2, 0.25) is 0 Å². The Labute approximate surface area is 127 Å². The number of nitrogens with zero attached hydrogens (tertiary/aromatic N) is 1. The molecule has 0 aromatic heterocycles. The number of aliphatic hydroxyl groups excluding tert-OH is 1. The van der Waals surface area contributed by atoms with E-state index in [2.05, 4.69) is 37.4 Å². The quantitative estimate of drug-likeness (QED) is 0.897. The lowest BCUT2D eigenvalue weighted by molar-refractivity contribution is 0.0209. The van der Waals surface area contributed by atoms with Crippen LogP contribution in [-0.2, 0) is 0 Å². The molecule has 1 aliphatic rings. The van der Waals surface area contributed by atoms with Gasteiger partial charge in [-0.25, -0.2) is 0 Å². The molecule has 0 radical (unpaired) electrons. The lowest BCUT2D eigenvalue weighted by Gasteiger charge is -2.39. The molecule has 1 saturated heterocycles. The van der Waals surface area contributed by atoms with Gasteiger partial charge in [0.25, 0.3) is 0 Å². The SMILES string of the molecule is CCC1CN(CC(C)(C)C(O)c2ccccc2)CCS1. The van der Waals surface area contributed by atoms with E-state index in [4.69, 9.17) is 0 Å². The number of aliphatic hydroxyl groups is 1. The summed E-state index contributed by atoms with van der Waals surface area (Å²) in [6, 6.07) is 10.0. The highest BCUT2D eigenvalue weighted by Crippen LogP contribution is 2.35. The van der Waals surface area contributed by atoms with Gasteiger partial charge in [0.15, 0.2) is 0 Å². The first kappa shape index (κ1) is 15.9. The second-order valence-corrected chi connectivity index (χ2v) is 7.85. The lowest BCUT2D eigenvalue weighted by atomic mass is 9.82. The summed E-state index contributed by atoms with van der Waals surface area (Å²) in [7, 11) is 0. The molecular weight excluding hydrogens is 266 g/mol. The van der Waals surface area contributed by atoms with Crippen LogP contribution in [0.15, 0.2) is 30.3 Å². The number of hydrogen-bond acceptors (Lipinski definition) is 3. The lowest BCUT2D eigenvalue weighted by Crippen LogP contribution is -2.44. The van der Waals surface area contributed by atoms with E-state index >= 15 is 0 Å². The van der Waals surface area contributed by atoms with E-state index in [0.717, 1.165) is 30.4 Å². The van der Waals surface area contributed by atoms with Crippen LogP contribution >= 0.6 is 11.8 Å². The van der Waals surface area contributed by atoms with Gasteiger partial charge in [-0.1, -0.05) is 51.1 Å². The van der Waals surface area contributed by atoms with Crippen LogP contribution in [0, 0.1) is 5.41 Å². The molecule has 0 bridgehead atoms. The summed E-state index contributed by atoms with van der Waals surface area (Å²) in [5.74, 6) is 1.22. The van der Waals surface area contributed by atoms with Crippen molar-refractivity contribution in [2.45, 2.75) is 38.5 Å². The minimum Gasteiger partial charge on any atom is -0.388 e. The molecule has 2 nitrogen and oxygen atoms in total. The summed E-state index contributed by atoms with van der Waals surface area (Å²) in [4.78, 5) is 2.52. The topological polar surface area (TPSA) is 23.5 Å². The number of thioether (sulfide) groups is 1. The van der Waals surface area contributed by atoms with Crippen molar-refractivity contribution in [1.29, 1.82) is 0 Å². The van der Waals surface area contributed by atoms with Gasteiger partial charge in [-0.15, -0.1) is 0 Å². The maximum Gasteiger partial charge on any atom is 0.0853 e. The Kier molecular flexibility index (Phi) is 5.53. The van der Waals surface area contributed by atoms with Crippen molar-refractivity contribution in [1.82, 2.24) is 4.90 Å². The van der Waals surface area contributed by atoms with Crippen LogP contribution in [0.4, 0.5) is 0 Å². The molecule has 3 heteroatoms. The van der Waals surface area contributed by atoms with Gasteiger partial charge in [-0.05, 0) is 12.0 Å². The van der Waals surface area contributed by atoms with Crippen LogP contribution in [0.2, 0.25) is 0 Å². The van der Waals surface area contributed by atoms with Crippen LogP contribution < -0.4 is 0 Å². The predicted molar refractivity (Wildman–Crippen MR) is 88.2 cm³/mol. The molecule has 20 heavy (non-hydrogen) atoms. The summed E-state index contributed by atoms with van der Waals surface area (Å²) in [5, 5.41) is 11.4. The summed E-state index contributed by atoms with van der Waals surface area (Å²) >= 11 is 2.09. The Morgan fingerprint density at radius 2 is 2.05 bits per heavy atom. The first-order valence-electron chi connectivity index (χ1n) is 7.60. The molecule has 112 valence electrons. The number of rotatable bonds is 5. The molecule has 0 aliphatic carbocycles. The second-order valence-electron chi connectivity index (χ2n) is 6.44. The molecule has 0 spiro atoms. The van der Waals surface area contributed by atoms with Gasteiger partial charge in [0.05, 0.1) is 6.10 Å². The smallest absolute Gasteiger partial charge is 0.0853 e. The third-order valence-corrected chi connectivity index (χ3v) is 5.54. The van der Waals surface area contributed by atoms with E-state index in [1.807, 2.05) is 30.3 Å². The van der Waals surface area contributed by atoms with Gasteiger partial charge in [-0.2, -0.15) is 11.8 Å². The highest BCUT2D eigenvalue weighted by Gasteiger charge is 2.32. The monoisotopic (exact) mass is 293 g/mol. The minimum atomic E-state index is -0.404. The Hall–Kier alpha value is -0.510. The fraction of sp³-hybridized carbons (Fsp3) is 0.647. The molecule has 0 amide bonds. The van der Waals surface area contributed by atoms with Crippen LogP contribution in [0.25, 0.3) is 0 Å². The van der Waals surface area contributed by atoms with Gasteiger partial charge >= 0.3 is 0 Å². The molecular formula is C17H27NOS. The van der Waals surface area contributed by atoms with Crippen molar-refractivity contribution in [2.75, 3.05) is 25.4 Å². The summed E-state index contributed by atoms with van der Waals surface area (Å²) in [6.07, 6.45) is 0.835. The van der Waals surface area contributed by atoms with Gasteiger partial charge in [-0.3, -0.25) is 0 Å². The normalized spacial score (nSPS) is 22.7. The number of benzene rings is 1. The Morgan fingerprint density at radius 1 is 1.35 bits per heavy atom. The second kappa shape index (κ2) is 6.97. The van der Waals surface area contributed by atoms with E-state index < -0.39 is 6.10 Å². The molecule has 2 atom stereocenters. The Morgan fingerprint density at radius 3 is 2.70 bits per heavy atom. The van der Waals surface area contributed by atoms with Gasteiger partial charge < -0.3 is 10.0 Å². The number of hydrogen-bond donors (Lipinski definition) is 1. The highest BCUT2D eigenvalue weighted by atomic mass is 32.2.